The topological polar surface area (TPSA) is 75.3 Å². The van der Waals surface area contributed by atoms with Gasteiger partial charge in [0.05, 0.1) is 13.1 Å². The van der Waals surface area contributed by atoms with Crippen molar-refractivity contribution in [2.45, 2.75) is 33.2 Å². The molecule has 0 aliphatic heterocycles. The molecule has 6 nitrogen and oxygen atoms in total. The molecule has 0 saturated carbocycles. The van der Waals surface area contributed by atoms with Crippen molar-refractivity contribution in [1.29, 1.82) is 0 Å². The van der Waals surface area contributed by atoms with Crippen LogP contribution in [0.1, 0.15) is 31.7 Å². The summed E-state index contributed by atoms with van der Waals surface area (Å²) in [4.78, 5) is 8.94. The molecule has 1 aromatic carbocycles. The standard InChI is InChI=1S/C18H23N5O/c1-4-8-16-22-17(24-23-16)15-10-7-9-14(12-15)13-21-18(19-6-3)20-11-5-2/h2,7,9-10,12H,4,6,8,11,13H2,1,3H3,(H2,19,20,21). The lowest BCUT2D eigenvalue weighted by atomic mass is 10.1. The number of hydrogen-bond donors (Lipinski definition) is 2. The van der Waals surface area contributed by atoms with Crippen LogP contribution in [0.3, 0.4) is 0 Å². The van der Waals surface area contributed by atoms with E-state index in [0.29, 0.717) is 24.9 Å². The second kappa shape index (κ2) is 9.36. The molecule has 0 saturated heterocycles. The SMILES string of the molecule is C#CCNC(=NCc1cccc(-c2nc(CCC)no2)c1)NCC. The van der Waals surface area contributed by atoms with Crippen molar-refractivity contribution >= 4 is 5.96 Å². The molecule has 2 aromatic rings. The van der Waals surface area contributed by atoms with Crippen LogP contribution >= 0.6 is 0 Å². The molecule has 0 aliphatic rings. The third kappa shape index (κ3) is 5.13. The van der Waals surface area contributed by atoms with Gasteiger partial charge in [0.1, 0.15) is 0 Å². The van der Waals surface area contributed by atoms with E-state index in [1.807, 2.05) is 31.2 Å². The number of aromatic nitrogens is 2. The molecule has 0 amide bonds. The maximum Gasteiger partial charge on any atom is 0.257 e. The lowest BCUT2D eigenvalue weighted by Gasteiger charge is -2.08. The number of terminal acetylenes is 1. The number of benzene rings is 1. The highest BCUT2D eigenvalue weighted by atomic mass is 16.5. The van der Waals surface area contributed by atoms with Crippen LogP contribution in [0.2, 0.25) is 0 Å². The summed E-state index contributed by atoms with van der Waals surface area (Å²) in [5.74, 6) is 4.52. The number of guanidine groups is 1. The molecule has 2 rings (SSSR count). The van der Waals surface area contributed by atoms with Crippen LogP contribution in [0.4, 0.5) is 0 Å². The molecule has 1 heterocycles. The Morgan fingerprint density at radius 3 is 2.96 bits per heavy atom. The summed E-state index contributed by atoms with van der Waals surface area (Å²) in [5, 5.41) is 10.2. The van der Waals surface area contributed by atoms with Crippen molar-refractivity contribution in [3.63, 3.8) is 0 Å². The van der Waals surface area contributed by atoms with Gasteiger partial charge < -0.3 is 15.2 Å². The Morgan fingerprint density at radius 2 is 2.21 bits per heavy atom. The van der Waals surface area contributed by atoms with Gasteiger partial charge in [-0.3, -0.25) is 0 Å². The van der Waals surface area contributed by atoms with Gasteiger partial charge >= 0.3 is 0 Å². The number of nitrogens with one attached hydrogen (secondary N) is 2. The van der Waals surface area contributed by atoms with E-state index in [0.717, 1.165) is 36.3 Å². The Kier molecular flexibility index (Phi) is 6.84. The Morgan fingerprint density at radius 1 is 1.33 bits per heavy atom. The zero-order valence-electron chi connectivity index (χ0n) is 14.2. The van der Waals surface area contributed by atoms with E-state index in [2.05, 4.69) is 38.6 Å². The molecule has 0 bridgehead atoms. The van der Waals surface area contributed by atoms with Crippen molar-refractivity contribution in [3.8, 4) is 23.8 Å². The van der Waals surface area contributed by atoms with Crippen LogP contribution < -0.4 is 10.6 Å². The molecule has 1 aromatic heterocycles. The Bertz CT molecular complexity index is 714. The van der Waals surface area contributed by atoms with Crippen molar-refractivity contribution < 1.29 is 4.52 Å². The molecule has 0 atom stereocenters. The molecule has 126 valence electrons. The highest BCUT2D eigenvalue weighted by Gasteiger charge is 2.08. The van der Waals surface area contributed by atoms with Crippen molar-refractivity contribution in [2.75, 3.05) is 13.1 Å². The molecule has 0 radical (unpaired) electrons. The monoisotopic (exact) mass is 325 g/mol. The average molecular weight is 325 g/mol. The van der Waals surface area contributed by atoms with E-state index in [4.69, 9.17) is 10.9 Å². The Balaban J connectivity index is 2.10. The first-order chi connectivity index (χ1) is 11.8. The predicted molar refractivity (Wildman–Crippen MR) is 95.4 cm³/mol. The summed E-state index contributed by atoms with van der Waals surface area (Å²) in [5.41, 5.74) is 1.96. The summed E-state index contributed by atoms with van der Waals surface area (Å²) in [6.45, 7) is 5.85. The van der Waals surface area contributed by atoms with Crippen molar-refractivity contribution in [2.24, 2.45) is 4.99 Å². The fraction of sp³-hybridized carbons (Fsp3) is 0.389. The van der Waals surface area contributed by atoms with E-state index in [9.17, 15) is 0 Å². The van der Waals surface area contributed by atoms with E-state index in [1.165, 1.54) is 0 Å². The summed E-state index contributed by atoms with van der Waals surface area (Å²) in [6, 6.07) is 7.95. The van der Waals surface area contributed by atoms with E-state index in [-0.39, 0.29) is 0 Å². The van der Waals surface area contributed by atoms with Crippen LogP contribution in [0, 0.1) is 12.3 Å². The van der Waals surface area contributed by atoms with Crippen molar-refractivity contribution in [1.82, 2.24) is 20.8 Å². The summed E-state index contributed by atoms with van der Waals surface area (Å²) >= 11 is 0. The van der Waals surface area contributed by atoms with Gasteiger partial charge in [0, 0.05) is 18.5 Å². The lowest BCUT2D eigenvalue weighted by Crippen LogP contribution is -2.37. The fourth-order valence-corrected chi connectivity index (χ4v) is 2.15. The second-order valence-electron chi connectivity index (χ2n) is 5.22. The van der Waals surface area contributed by atoms with Gasteiger partial charge in [-0.05, 0) is 31.0 Å². The maximum absolute atomic E-state index is 5.33. The van der Waals surface area contributed by atoms with Gasteiger partial charge in [-0.15, -0.1) is 6.42 Å². The summed E-state index contributed by atoms with van der Waals surface area (Å²) < 4.78 is 5.33. The zero-order chi connectivity index (χ0) is 17.2. The fourth-order valence-electron chi connectivity index (χ4n) is 2.15. The van der Waals surface area contributed by atoms with Crippen LogP contribution in [0.15, 0.2) is 33.8 Å². The predicted octanol–water partition coefficient (Wildman–Crippen LogP) is 2.38. The van der Waals surface area contributed by atoms with Gasteiger partial charge in [0.25, 0.3) is 5.89 Å². The molecular weight excluding hydrogens is 302 g/mol. The molecule has 2 N–H and O–H groups in total. The normalized spacial score (nSPS) is 11.1. The summed E-state index contributed by atoms with van der Waals surface area (Å²) in [6.07, 6.45) is 7.08. The zero-order valence-corrected chi connectivity index (χ0v) is 14.2. The van der Waals surface area contributed by atoms with Gasteiger partial charge in [0.15, 0.2) is 11.8 Å². The number of rotatable bonds is 7. The van der Waals surface area contributed by atoms with Gasteiger partial charge in [-0.2, -0.15) is 4.98 Å². The van der Waals surface area contributed by atoms with E-state index in [1.54, 1.807) is 0 Å². The third-order valence-corrected chi connectivity index (χ3v) is 3.24. The first kappa shape index (κ1) is 17.5. The molecule has 0 fully saturated rings. The van der Waals surface area contributed by atoms with E-state index >= 15 is 0 Å². The largest absolute Gasteiger partial charge is 0.357 e. The summed E-state index contributed by atoms with van der Waals surface area (Å²) in [7, 11) is 0. The number of aliphatic imine (C=N–C) groups is 1. The van der Waals surface area contributed by atoms with E-state index < -0.39 is 0 Å². The quantitative estimate of drug-likeness (QED) is 0.464. The molecule has 24 heavy (non-hydrogen) atoms. The number of aryl methyl sites for hydroxylation is 1. The van der Waals surface area contributed by atoms with Crippen LogP contribution in [0.5, 0.6) is 0 Å². The molecular formula is C18H23N5O. The minimum absolute atomic E-state index is 0.439. The Hall–Kier alpha value is -2.81. The first-order valence-corrected chi connectivity index (χ1v) is 8.14. The lowest BCUT2D eigenvalue weighted by molar-refractivity contribution is 0.422. The first-order valence-electron chi connectivity index (χ1n) is 8.14. The van der Waals surface area contributed by atoms with Crippen LogP contribution in [0.25, 0.3) is 11.5 Å². The van der Waals surface area contributed by atoms with Crippen molar-refractivity contribution in [3.05, 3.63) is 35.7 Å². The number of nitrogens with zero attached hydrogens (tertiary/aromatic N) is 3. The minimum Gasteiger partial charge on any atom is -0.357 e. The average Bonchev–Trinajstić information content (AvgIpc) is 3.07. The minimum atomic E-state index is 0.439. The van der Waals surface area contributed by atoms with Gasteiger partial charge in [0.2, 0.25) is 0 Å². The number of hydrogen-bond acceptors (Lipinski definition) is 4. The molecule has 0 spiro atoms. The third-order valence-electron chi connectivity index (χ3n) is 3.24. The Labute approximate surface area is 142 Å². The highest BCUT2D eigenvalue weighted by molar-refractivity contribution is 5.80. The van der Waals surface area contributed by atoms with Gasteiger partial charge in [-0.25, -0.2) is 4.99 Å². The van der Waals surface area contributed by atoms with Gasteiger partial charge in [-0.1, -0.05) is 30.1 Å². The highest BCUT2D eigenvalue weighted by Crippen LogP contribution is 2.19. The molecule has 0 unspecified atom stereocenters. The van der Waals surface area contributed by atoms with Crippen LogP contribution in [-0.2, 0) is 13.0 Å². The second-order valence-corrected chi connectivity index (χ2v) is 5.22. The maximum atomic E-state index is 5.33. The smallest absolute Gasteiger partial charge is 0.257 e. The van der Waals surface area contributed by atoms with Crippen LogP contribution in [-0.4, -0.2) is 29.2 Å². The molecule has 6 heteroatoms. The molecule has 0 aliphatic carbocycles.